The van der Waals surface area contributed by atoms with Crippen molar-refractivity contribution in [1.29, 1.82) is 0 Å². The van der Waals surface area contributed by atoms with Gasteiger partial charge in [0.25, 0.3) is 0 Å². The Labute approximate surface area is 78.5 Å². The van der Waals surface area contributed by atoms with Crippen molar-refractivity contribution in [3.05, 3.63) is 0 Å². The maximum absolute atomic E-state index is 5.75. The van der Waals surface area contributed by atoms with E-state index in [0.29, 0.717) is 5.92 Å². The van der Waals surface area contributed by atoms with Gasteiger partial charge in [-0.05, 0) is 6.42 Å². The summed E-state index contributed by atoms with van der Waals surface area (Å²) in [6.45, 7) is 2.71. The van der Waals surface area contributed by atoms with Crippen LogP contribution in [-0.4, -0.2) is 45.8 Å². The molecular weight excluding hydrogens is 170 g/mol. The Morgan fingerprint density at radius 3 is 2.46 bits per heavy atom. The van der Waals surface area contributed by atoms with Gasteiger partial charge >= 0.3 is 0 Å². The van der Waals surface area contributed by atoms with Gasteiger partial charge in [0.05, 0.1) is 12.2 Å². The van der Waals surface area contributed by atoms with Crippen LogP contribution < -0.4 is 5.32 Å². The van der Waals surface area contributed by atoms with E-state index in [0.717, 1.165) is 26.1 Å². The first-order valence-electron chi connectivity index (χ1n) is 4.70. The van der Waals surface area contributed by atoms with Crippen LogP contribution >= 0.6 is 0 Å². The Hall–Kier alpha value is -0.160. The monoisotopic (exact) mass is 187 g/mol. The second-order valence-corrected chi connectivity index (χ2v) is 3.90. The Kier molecular flexibility index (Phi) is 2.55. The van der Waals surface area contributed by atoms with E-state index < -0.39 is 0 Å². The summed E-state index contributed by atoms with van der Waals surface area (Å²) in [5.74, 6) is 0.386. The van der Waals surface area contributed by atoms with Crippen molar-refractivity contribution in [2.75, 3.05) is 33.9 Å². The average Bonchev–Trinajstić information content (AvgIpc) is 2.51. The molecule has 0 saturated carbocycles. The maximum Gasteiger partial charge on any atom is 0.161 e. The summed E-state index contributed by atoms with van der Waals surface area (Å²) in [6.07, 6.45) is 0.937. The van der Waals surface area contributed by atoms with E-state index in [1.165, 1.54) is 0 Å². The van der Waals surface area contributed by atoms with E-state index >= 15 is 0 Å². The van der Waals surface area contributed by atoms with E-state index in [-0.39, 0.29) is 11.9 Å². The van der Waals surface area contributed by atoms with Crippen LogP contribution in [0.15, 0.2) is 0 Å². The molecule has 2 rings (SSSR count). The first-order valence-corrected chi connectivity index (χ1v) is 4.70. The molecule has 2 heterocycles. The highest BCUT2D eigenvalue weighted by Gasteiger charge is 2.47. The van der Waals surface area contributed by atoms with Gasteiger partial charge in [0.15, 0.2) is 6.29 Å². The van der Waals surface area contributed by atoms with E-state index in [9.17, 15) is 0 Å². The van der Waals surface area contributed by atoms with Crippen molar-refractivity contribution in [2.45, 2.75) is 18.3 Å². The standard InChI is InChI=1S/C9H17NO3/c1-11-8(12-2)7-3-9(13-4-7)5-10-6-9/h7-8,10H,3-6H2,1-2H3. The predicted octanol–water partition coefficient (Wildman–Crippen LogP) is -0.0162. The van der Waals surface area contributed by atoms with E-state index in [2.05, 4.69) is 5.32 Å². The summed E-state index contributed by atoms with van der Waals surface area (Å²) in [5, 5.41) is 3.23. The fourth-order valence-corrected chi connectivity index (χ4v) is 2.19. The molecule has 0 aromatic carbocycles. The van der Waals surface area contributed by atoms with Gasteiger partial charge in [0, 0.05) is 33.2 Å². The second-order valence-electron chi connectivity index (χ2n) is 3.90. The molecule has 0 amide bonds. The number of nitrogens with one attached hydrogen (secondary N) is 1. The quantitative estimate of drug-likeness (QED) is 0.630. The highest BCUT2D eigenvalue weighted by atomic mass is 16.7. The molecule has 4 heteroatoms. The zero-order valence-electron chi connectivity index (χ0n) is 8.21. The molecule has 0 aliphatic carbocycles. The fraction of sp³-hybridized carbons (Fsp3) is 1.00. The molecule has 2 saturated heterocycles. The normalized spacial score (nSPS) is 31.2. The van der Waals surface area contributed by atoms with E-state index in [1.54, 1.807) is 14.2 Å². The molecule has 1 N–H and O–H groups in total. The van der Waals surface area contributed by atoms with E-state index in [1.807, 2.05) is 0 Å². The lowest BCUT2D eigenvalue weighted by Crippen LogP contribution is -2.59. The Morgan fingerprint density at radius 1 is 1.38 bits per heavy atom. The molecule has 1 unspecified atom stereocenters. The van der Waals surface area contributed by atoms with Crippen LogP contribution in [0, 0.1) is 5.92 Å². The molecular formula is C9H17NO3. The molecule has 1 atom stereocenters. The van der Waals surface area contributed by atoms with Crippen LogP contribution in [0.1, 0.15) is 6.42 Å². The van der Waals surface area contributed by atoms with Crippen molar-refractivity contribution >= 4 is 0 Å². The molecule has 13 heavy (non-hydrogen) atoms. The molecule has 0 bridgehead atoms. The minimum absolute atomic E-state index is 0.0972. The van der Waals surface area contributed by atoms with Crippen LogP contribution in [0.5, 0.6) is 0 Å². The predicted molar refractivity (Wildman–Crippen MR) is 47.5 cm³/mol. The molecule has 0 radical (unpaired) electrons. The molecule has 2 aliphatic rings. The third-order valence-electron chi connectivity index (χ3n) is 2.98. The van der Waals surface area contributed by atoms with Gasteiger partial charge in [0.1, 0.15) is 0 Å². The summed E-state index contributed by atoms with van der Waals surface area (Å²) in [4.78, 5) is 0. The summed E-state index contributed by atoms with van der Waals surface area (Å²) < 4.78 is 16.2. The number of ether oxygens (including phenoxy) is 3. The van der Waals surface area contributed by atoms with Gasteiger partial charge in [0.2, 0.25) is 0 Å². The van der Waals surface area contributed by atoms with Crippen LogP contribution in [0.25, 0.3) is 0 Å². The Balaban J connectivity index is 1.89. The van der Waals surface area contributed by atoms with Crippen molar-refractivity contribution in [3.8, 4) is 0 Å². The Bertz CT molecular complexity index is 178. The largest absolute Gasteiger partial charge is 0.372 e. The van der Waals surface area contributed by atoms with Gasteiger partial charge in [-0.3, -0.25) is 0 Å². The molecule has 76 valence electrons. The third kappa shape index (κ3) is 1.59. The number of hydrogen-bond donors (Lipinski definition) is 1. The van der Waals surface area contributed by atoms with Gasteiger partial charge in [-0.25, -0.2) is 0 Å². The zero-order valence-corrected chi connectivity index (χ0v) is 8.21. The highest BCUT2D eigenvalue weighted by Crippen LogP contribution is 2.35. The van der Waals surface area contributed by atoms with Crippen LogP contribution in [0.3, 0.4) is 0 Å². The molecule has 0 aromatic rings. The van der Waals surface area contributed by atoms with Gasteiger partial charge in [-0.2, -0.15) is 0 Å². The fourth-order valence-electron chi connectivity index (χ4n) is 2.19. The third-order valence-corrected chi connectivity index (χ3v) is 2.98. The van der Waals surface area contributed by atoms with Crippen molar-refractivity contribution < 1.29 is 14.2 Å². The topological polar surface area (TPSA) is 39.7 Å². The van der Waals surface area contributed by atoms with Crippen molar-refractivity contribution in [1.82, 2.24) is 5.32 Å². The number of methoxy groups -OCH3 is 2. The van der Waals surface area contributed by atoms with Crippen LogP contribution in [-0.2, 0) is 14.2 Å². The molecule has 0 aromatic heterocycles. The summed E-state index contributed by atoms with van der Waals surface area (Å²) in [6, 6.07) is 0. The lowest BCUT2D eigenvalue weighted by Gasteiger charge is -2.38. The van der Waals surface area contributed by atoms with Crippen molar-refractivity contribution in [2.24, 2.45) is 5.92 Å². The molecule has 4 nitrogen and oxygen atoms in total. The van der Waals surface area contributed by atoms with E-state index in [4.69, 9.17) is 14.2 Å². The Morgan fingerprint density at radius 2 is 2.08 bits per heavy atom. The first kappa shape index (κ1) is 9.40. The number of hydrogen-bond acceptors (Lipinski definition) is 4. The average molecular weight is 187 g/mol. The maximum atomic E-state index is 5.75. The van der Waals surface area contributed by atoms with Gasteiger partial charge in [-0.15, -0.1) is 0 Å². The lowest BCUT2D eigenvalue weighted by atomic mass is 9.89. The molecule has 2 aliphatic heterocycles. The number of rotatable bonds is 3. The minimum Gasteiger partial charge on any atom is -0.372 e. The van der Waals surface area contributed by atoms with Gasteiger partial charge < -0.3 is 19.5 Å². The summed E-state index contributed by atoms with van der Waals surface area (Å²) >= 11 is 0. The molecule has 2 fully saturated rings. The second kappa shape index (κ2) is 3.53. The highest BCUT2D eigenvalue weighted by molar-refractivity contribution is 5.00. The smallest absolute Gasteiger partial charge is 0.161 e. The zero-order chi connectivity index (χ0) is 9.31. The summed E-state index contributed by atoms with van der Waals surface area (Å²) in [5.41, 5.74) is 0.0972. The lowest BCUT2D eigenvalue weighted by molar-refractivity contribution is -0.136. The minimum atomic E-state index is -0.111. The summed E-state index contributed by atoms with van der Waals surface area (Å²) in [7, 11) is 3.36. The van der Waals surface area contributed by atoms with Gasteiger partial charge in [-0.1, -0.05) is 0 Å². The first-order chi connectivity index (χ1) is 6.29. The SMILES string of the molecule is COC(OC)C1COC2(CNC2)C1. The molecule has 1 spiro atoms. The van der Waals surface area contributed by atoms with Crippen LogP contribution in [0.2, 0.25) is 0 Å². The van der Waals surface area contributed by atoms with Crippen LogP contribution in [0.4, 0.5) is 0 Å². The van der Waals surface area contributed by atoms with Crippen molar-refractivity contribution in [3.63, 3.8) is 0 Å².